The number of alkyl halides is 1. The highest BCUT2D eigenvalue weighted by Gasteiger charge is 2.51. The third-order valence-corrected chi connectivity index (χ3v) is 4.37. The first-order chi connectivity index (χ1) is 7.59. The monoisotopic (exact) mass is 245 g/mol. The second kappa shape index (κ2) is 4.53. The number of ether oxygens (including phenoxy) is 1. The third-order valence-electron chi connectivity index (χ3n) is 4.18. The number of carbonyl (C=O) groups excluding carboxylic acids is 1. The van der Waals surface area contributed by atoms with Crippen molar-refractivity contribution >= 4 is 17.5 Å². The SMILES string of the molecule is COC[C@H]1CN(C(=O)[C@H](C)Cl)CC12CCC2. The van der Waals surface area contributed by atoms with Gasteiger partial charge in [0.2, 0.25) is 5.91 Å². The molecule has 16 heavy (non-hydrogen) atoms. The Hall–Kier alpha value is -0.280. The average Bonchev–Trinajstić information content (AvgIpc) is 2.56. The van der Waals surface area contributed by atoms with E-state index >= 15 is 0 Å². The first kappa shape index (κ1) is 12.2. The normalized spacial score (nSPS) is 29.2. The summed E-state index contributed by atoms with van der Waals surface area (Å²) in [4.78, 5) is 13.8. The molecule has 2 atom stereocenters. The lowest BCUT2D eigenvalue weighted by Gasteiger charge is -2.42. The van der Waals surface area contributed by atoms with Gasteiger partial charge in [-0.1, -0.05) is 6.42 Å². The summed E-state index contributed by atoms with van der Waals surface area (Å²) >= 11 is 5.86. The van der Waals surface area contributed by atoms with Crippen LogP contribution in [0.2, 0.25) is 0 Å². The fourth-order valence-corrected chi connectivity index (χ4v) is 3.22. The smallest absolute Gasteiger partial charge is 0.240 e. The Morgan fingerprint density at radius 1 is 1.62 bits per heavy atom. The minimum Gasteiger partial charge on any atom is -0.384 e. The molecule has 1 aliphatic heterocycles. The zero-order valence-electron chi connectivity index (χ0n) is 10.0. The van der Waals surface area contributed by atoms with Crippen molar-refractivity contribution in [2.24, 2.45) is 11.3 Å². The van der Waals surface area contributed by atoms with Gasteiger partial charge in [-0.3, -0.25) is 4.79 Å². The molecule has 0 N–H and O–H groups in total. The minimum absolute atomic E-state index is 0.0755. The molecule has 1 amide bonds. The average molecular weight is 246 g/mol. The fourth-order valence-electron chi connectivity index (χ4n) is 3.08. The third kappa shape index (κ3) is 1.95. The van der Waals surface area contributed by atoms with Crippen molar-refractivity contribution in [1.29, 1.82) is 0 Å². The highest BCUT2D eigenvalue weighted by atomic mass is 35.5. The number of amides is 1. The largest absolute Gasteiger partial charge is 0.384 e. The number of likely N-dealkylation sites (tertiary alicyclic amines) is 1. The van der Waals surface area contributed by atoms with Crippen LogP contribution in [-0.4, -0.2) is 43.0 Å². The van der Waals surface area contributed by atoms with E-state index in [1.807, 2.05) is 4.90 Å². The number of nitrogens with zero attached hydrogens (tertiary/aromatic N) is 1. The van der Waals surface area contributed by atoms with Crippen molar-refractivity contribution < 1.29 is 9.53 Å². The van der Waals surface area contributed by atoms with E-state index in [1.165, 1.54) is 19.3 Å². The molecule has 3 nitrogen and oxygen atoms in total. The molecule has 4 heteroatoms. The van der Waals surface area contributed by atoms with Crippen LogP contribution in [0.15, 0.2) is 0 Å². The highest BCUT2D eigenvalue weighted by Crippen LogP contribution is 2.51. The van der Waals surface area contributed by atoms with Crippen LogP contribution < -0.4 is 0 Å². The number of rotatable bonds is 3. The van der Waals surface area contributed by atoms with Crippen molar-refractivity contribution in [3.05, 3.63) is 0 Å². The number of carbonyl (C=O) groups is 1. The molecule has 92 valence electrons. The van der Waals surface area contributed by atoms with Crippen LogP contribution in [0.3, 0.4) is 0 Å². The van der Waals surface area contributed by atoms with Gasteiger partial charge in [0.05, 0.1) is 6.61 Å². The molecule has 1 saturated heterocycles. The zero-order valence-corrected chi connectivity index (χ0v) is 10.8. The quantitative estimate of drug-likeness (QED) is 0.711. The van der Waals surface area contributed by atoms with Crippen molar-refractivity contribution in [3.63, 3.8) is 0 Å². The van der Waals surface area contributed by atoms with Crippen LogP contribution in [-0.2, 0) is 9.53 Å². The molecule has 0 aromatic rings. The number of hydrogen-bond acceptors (Lipinski definition) is 2. The van der Waals surface area contributed by atoms with Gasteiger partial charge in [-0.05, 0) is 25.2 Å². The molecule has 2 fully saturated rings. The molecule has 0 bridgehead atoms. The van der Waals surface area contributed by atoms with Crippen molar-refractivity contribution in [2.75, 3.05) is 26.8 Å². The van der Waals surface area contributed by atoms with Gasteiger partial charge >= 0.3 is 0 Å². The molecule has 1 saturated carbocycles. The maximum absolute atomic E-state index is 11.9. The van der Waals surface area contributed by atoms with Crippen molar-refractivity contribution in [2.45, 2.75) is 31.6 Å². The van der Waals surface area contributed by atoms with E-state index in [1.54, 1.807) is 14.0 Å². The lowest BCUT2D eigenvalue weighted by molar-refractivity contribution is -0.130. The van der Waals surface area contributed by atoms with E-state index in [9.17, 15) is 4.79 Å². The van der Waals surface area contributed by atoms with Gasteiger partial charge in [0.15, 0.2) is 0 Å². The summed E-state index contributed by atoms with van der Waals surface area (Å²) in [5.74, 6) is 0.581. The lowest BCUT2D eigenvalue weighted by atomic mass is 9.63. The van der Waals surface area contributed by atoms with Crippen LogP contribution in [0.5, 0.6) is 0 Å². The summed E-state index contributed by atoms with van der Waals surface area (Å²) in [6.45, 7) is 4.22. The van der Waals surface area contributed by atoms with E-state index in [2.05, 4.69) is 0 Å². The maximum Gasteiger partial charge on any atom is 0.240 e. The Morgan fingerprint density at radius 3 is 2.75 bits per heavy atom. The molecule has 2 aliphatic rings. The molecule has 0 radical (unpaired) electrons. The van der Waals surface area contributed by atoms with Crippen LogP contribution in [0.1, 0.15) is 26.2 Å². The van der Waals surface area contributed by atoms with Gasteiger partial charge in [0, 0.05) is 26.1 Å². The summed E-state index contributed by atoms with van der Waals surface area (Å²) in [5, 5.41) is -0.404. The fraction of sp³-hybridized carbons (Fsp3) is 0.917. The molecule has 0 unspecified atom stereocenters. The standard InChI is InChI=1S/C12H20ClNO2/c1-9(13)11(15)14-6-10(7-16-2)12(8-14)4-3-5-12/h9-10H,3-8H2,1-2H3/t9-,10+/m0/s1. The van der Waals surface area contributed by atoms with Crippen molar-refractivity contribution in [3.8, 4) is 0 Å². The molecule has 0 aromatic heterocycles. The van der Waals surface area contributed by atoms with Gasteiger partial charge < -0.3 is 9.64 Å². The Labute approximate surface area is 102 Å². The van der Waals surface area contributed by atoms with Gasteiger partial charge in [0.1, 0.15) is 5.38 Å². The molecule has 2 rings (SSSR count). The minimum atomic E-state index is -0.404. The molecule has 1 aliphatic carbocycles. The summed E-state index contributed by atoms with van der Waals surface area (Å²) in [6.07, 6.45) is 3.77. The maximum atomic E-state index is 11.9. The number of hydrogen-bond donors (Lipinski definition) is 0. The Balaban J connectivity index is 2.03. The van der Waals surface area contributed by atoms with Gasteiger partial charge in [-0.15, -0.1) is 11.6 Å². The Kier molecular flexibility index (Phi) is 3.45. The molecule has 1 spiro atoms. The molecular formula is C12H20ClNO2. The summed E-state index contributed by atoms with van der Waals surface area (Å²) in [6, 6.07) is 0. The predicted octanol–water partition coefficient (Wildman–Crippen LogP) is 1.89. The van der Waals surface area contributed by atoms with E-state index in [-0.39, 0.29) is 5.91 Å². The van der Waals surface area contributed by atoms with Crippen LogP contribution in [0.4, 0.5) is 0 Å². The van der Waals surface area contributed by atoms with E-state index in [4.69, 9.17) is 16.3 Å². The van der Waals surface area contributed by atoms with Crippen LogP contribution in [0.25, 0.3) is 0 Å². The van der Waals surface area contributed by atoms with E-state index in [0.29, 0.717) is 11.3 Å². The van der Waals surface area contributed by atoms with E-state index in [0.717, 1.165) is 19.7 Å². The number of halogens is 1. The van der Waals surface area contributed by atoms with Crippen LogP contribution >= 0.6 is 11.6 Å². The van der Waals surface area contributed by atoms with Crippen LogP contribution in [0, 0.1) is 11.3 Å². The first-order valence-electron chi connectivity index (χ1n) is 6.01. The van der Waals surface area contributed by atoms with E-state index < -0.39 is 5.38 Å². The first-order valence-corrected chi connectivity index (χ1v) is 6.44. The number of methoxy groups -OCH3 is 1. The molecular weight excluding hydrogens is 226 g/mol. The second-order valence-electron chi connectivity index (χ2n) is 5.20. The topological polar surface area (TPSA) is 29.5 Å². The summed E-state index contributed by atoms with van der Waals surface area (Å²) in [5.41, 5.74) is 0.345. The second-order valence-corrected chi connectivity index (χ2v) is 5.86. The van der Waals surface area contributed by atoms with Gasteiger partial charge in [-0.2, -0.15) is 0 Å². The molecule has 1 heterocycles. The van der Waals surface area contributed by atoms with Gasteiger partial charge in [-0.25, -0.2) is 0 Å². The summed E-state index contributed by atoms with van der Waals surface area (Å²) in [7, 11) is 1.74. The Bertz CT molecular complexity index is 276. The van der Waals surface area contributed by atoms with Gasteiger partial charge in [0.25, 0.3) is 0 Å². The Morgan fingerprint density at radius 2 is 2.31 bits per heavy atom. The summed E-state index contributed by atoms with van der Waals surface area (Å²) < 4.78 is 5.27. The zero-order chi connectivity index (χ0) is 11.8. The van der Waals surface area contributed by atoms with Crippen molar-refractivity contribution in [1.82, 2.24) is 4.90 Å². The highest BCUT2D eigenvalue weighted by molar-refractivity contribution is 6.30. The predicted molar refractivity (Wildman–Crippen MR) is 63.5 cm³/mol. The molecule has 0 aromatic carbocycles. The lowest BCUT2D eigenvalue weighted by Crippen LogP contribution is -2.40.